The molecule has 1 aliphatic rings. The monoisotopic (exact) mass is 321 g/mol. The van der Waals surface area contributed by atoms with Crippen molar-refractivity contribution in [3.8, 4) is 11.5 Å². The summed E-state index contributed by atoms with van der Waals surface area (Å²) in [6, 6.07) is 2.43. The van der Waals surface area contributed by atoms with Crippen LogP contribution in [0.3, 0.4) is 0 Å². The number of esters is 1. The molecule has 0 unspecified atom stereocenters. The van der Waals surface area contributed by atoms with E-state index in [1.165, 1.54) is 20.3 Å². The molecule has 0 N–H and O–H groups in total. The smallest absolute Gasteiger partial charge is 0.341 e. The Hall–Kier alpha value is -2.29. The molecule has 0 heterocycles. The molecule has 1 aromatic rings. The number of carbonyl (C=O) groups excluding carboxylic acids is 1. The second-order valence-electron chi connectivity index (χ2n) is 5.90. The quantitative estimate of drug-likeness (QED) is 0.628. The van der Waals surface area contributed by atoms with Crippen molar-refractivity contribution in [2.24, 2.45) is 0 Å². The summed E-state index contributed by atoms with van der Waals surface area (Å²) in [5, 5.41) is 0. The van der Waals surface area contributed by atoms with E-state index in [1.807, 2.05) is 6.92 Å². The highest BCUT2D eigenvalue weighted by atomic mass is 19.1. The fraction of sp³-hybridized carbons (Fsp3) is 0.529. The molecule has 0 radical (unpaired) electrons. The summed E-state index contributed by atoms with van der Waals surface area (Å²) < 4.78 is 29.6. The van der Waals surface area contributed by atoms with Crippen LogP contribution in [-0.2, 0) is 4.74 Å². The summed E-state index contributed by atoms with van der Waals surface area (Å²) in [6.45, 7) is 9.15. The van der Waals surface area contributed by atoms with Crippen molar-refractivity contribution in [3.63, 3.8) is 0 Å². The predicted octanol–water partition coefficient (Wildman–Crippen LogP) is 3.62. The molecule has 0 atom stereocenters. The summed E-state index contributed by atoms with van der Waals surface area (Å²) in [4.78, 5) is 15.4. The molecule has 1 aromatic carbocycles. The largest absolute Gasteiger partial charge is 0.496 e. The minimum absolute atomic E-state index is 0.00242. The van der Waals surface area contributed by atoms with Gasteiger partial charge in [0.05, 0.1) is 20.3 Å². The minimum Gasteiger partial charge on any atom is -0.496 e. The number of benzene rings is 1. The number of rotatable bonds is 4. The minimum atomic E-state index is -0.615. The third-order valence-electron chi connectivity index (χ3n) is 4.23. The number of nitrogens with zero attached hydrogens (tertiary/aromatic N) is 1. The summed E-state index contributed by atoms with van der Waals surface area (Å²) in [5.41, 5.74) is -0.233. The van der Waals surface area contributed by atoms with Crippen LogP contribution in [0.2, 0.25) is 0 Å². The molecule has 0 aliphatic heterocycles. The topological polar surface area (TPSA) is 49.1 Å². The Morgan fingerprint density at radius 3 is 2.48 bits per heavy atom. The fourth-order valence-electron chi connectivity index (χ4n) is 2.69. The van der Waals surface area contributed by atoms with E-state index in [0.29, 0.717) is 25.7 Å². The molecule has 0 aromatic heterocycles. The van der Waals surface area contributed by atoms with Gasteiger partial charge in [-0.15, -0.1) is 0 Å². The molecule has 124 valence electrons. The van der Waals surface area contributed by atoms with Crippen LogP contribution >= 0.6 is 0 Å². The van der Waals surface area contributed by atoms with Crippen molar-refractivity contribution in [1.82, 2.24) is 0 Å². The maximum atomic E-state index is 14.2. The Kier molecular flexibility index (Phi) is 5.09. The van der Waals surface area contributed by atoms with Gasteiger partial charge in [-0.3, -0.25) is 0 Å². The number of carbonyl (C=O) groups is 1. The second kappa shape index (κ2) is 6.86. The number of hydrogen-bond acceptors (Lipinski definition) is 4. The van der Waals surface area contributed by atoms with Crippen LogP contribution in [0, 0.1) is 12.4 Å². The SMILES string of the molecule is [C-]#[N+]C1(C)CCC(Oc2cc(C(=O)OC)c(OC)cc2F)CC1. The van der Waals surface area contributed by atoms with Gasteiger partial charge in [0.25, 0.3) is 0 Å². The highest BCUT2D eigenvalue weighted by Gasteiger charge is 2.37. The molecular weight excluding hydrogens is 301 g/mol. The van der Waals surface area contributed by atoms with Crippen LogP contribution in [0.4, 0.5) is 4.39 Å². The van der Waals surface area contributed by atoms with Gasteiger partial charge in [0.15, 0.2) is 11.6 Å². The molecule has 23 heavy (non-hydrogen) atoms. The van der Waals surface area contributed by atoms with Crippen LogP contribution in [0.1, 0.15) is 43.0 Å². The van der Waals surface area contributed by atoms with E-state index in [0.717, 1.165) is 6.07 Å². The molecule has 0 saturated heterocycles. The maximum Gasteiger partial charge on any atom is 0.341 e. The molecular formula is C17H20FNO4. The van der Waals surface area contributed by atoms with Crippen LogP contribution in [0.25, 0.3) is 4.85 Å². The molecule has 0 spiro atoms. The van der Waals surface area contributed by atoms with Crippen molar-refractivity contribution in [1.29, 1.82) is 0 Å². The summed E-state index contributed by atoms with van der Waals surface area (Å²) in [6.07, 6.45) is 2.61. The van der Waals surface area contributed by atoms with Crippen LogP contribution in [-0.4, -0.2) is 31.8 Å². The first-order valence-electron chi connectivity index (χ1n) is 7.43. The van der Waals surface area contributed by atoms with Gasteiger partial charge in [-0.1, -0.05) is 0 Å². The van der Waals surface area contributed by atoms with Gasteiger partial charge in [0, 0.05) is 31.9 Å². The lowest BCUT2D eigenvalue weighted by molar-refractivity contribution is 0.0595. The Morgan fingerprint density at radius 2 is 1.96 bits per heavy atom. The number of ether oxygens (including phenoxy) is 3. The van der Waals surface area contributed by atoms with E-state index in [9.17, 15) is 9.18 Å². The first-order chi connectivity index (χ1) is 10.9. The molecule has 2 rings (SSSR count). The standard InChI is InChI=1S/C17H20FNO4/c1-17(19-2)7-5-11(6-8-17)23-15-9-12(16(20)22-4)14(21-3)10-13(15)18/h9-11H,5-8H2,1,3-4H3. The zero-order valence-corrected chi connectivity index (χ0v) is 13.5. The van der Waals surface area contributed by atoms with Crippen molar-refractivity contribution in [3.05, 3.63) is 34.9 Å². The normalized spacial score (nSPS) is 23.7. The third kappa shape index (κ3) is 3.73. The molecule has 0 amide bonds. The van der Waals surface area contributed by atoms with Gasteiger partial charge in [0.1, 0.15) is 11.3 Å². The summed E-state index contributed by atoms with van der Waals surface area (Å²) in [7, 11) is 2.60. The number of methoxy groups -OCH3 is 2. The lowest BCUT2D eigenvalue weighted by Gasteiger charge is -2.29. The van der Waals surface area contributed by atoms with Crippen molar-refractivity contribution in [2.75, 3.05) is 14.2 Å². The van der Waals surface area contributed by atoms with Crippen molar-refractivity contribution >= 4 is 5.97 Å². The van der Waals surface area contributed by atoms with Crippen LogP contribution in [0.15, 0.2) is 12.1 Å². The average molecular weight is 321 g/mol. The van der Waals surface area contributed by atoms with E-state index in [4.69, 9.17) is 16.0 Å². The van der Waals surface area contributed by atoms with Gasteiger partial charge < -0.3 is 19.1 Å². The van der Waals surface area contributed by atoms with Gasteiger partial charge in [0.2, 0.25) is 5.54 Å². The average Bonchev–Trinajstić information content (AvgIpc) is 2.57. The molecule has 1 fully saturated rings. The lowest BCUT2D eigenvalue weighted by Crippen LogP contribution is -2.32. The van der Waals surface area contributed by atoms with Gasteiger partial charge in [-0.25, -0.2) is 15.8 Å². The Balaban J connectivity index is 2.18. The van der Waals surface area contributed by atoms with E-state index < -0.39 is 11.8 Å². The number of halogens is 1. The van der Waals surface area contributed by atoms with Crippen molar-refractivity contribution in [2.45, 2.75) is 44.2 Å². The first kappa shape index (κ1) is 17.1. The van der Waals surface area contributed by atoms with Gasteiger partial charge >= 0.3 is 5.97 Å². The highest BCUT2D eigenvalue weighted by molar-refractivity contribution is 5.93. The van der Waals surface area contributed by atoms with E-state index >= 15 is 0 Å². The molecule has 5 nitrogen and oxygen atoms in total. The van der Waals surface area contributed by atoms with Crippen LogP contribution in [0.5, 0.6) is 11.5 Å². The Morgan fingerprint density at radius 1 is 1.30 bits per heavy atom. The molecule has 1 saturated carbocycles. The molecule has 0 bridgehead atoms. The zero-order valence-electron chi connectivity index (χ0n) is 13.5. The van der Waals surface area contributed by atoms with Gasteiger partial charge in [-0.2, -0.15) is 0 Å². The maximum absolute atomic E-state index is 14.2. The lowest BCUT2D eigenvalue weighted by atomic mass is 9.82. The van der Waals surface area contributed by atoms with Crippen LogP contribution < -0.4 is 9.47 Å². The van der Waals surface area contributed by atoms with Crippen molar-refractivity contribution < 1.29 is 23.4 Å². The molecule has 1 aliphatic carbocycles. The second-order valence-corrected chi connectivity index (χ2v) is 5.90. The highest BCUT2D eigenvalue weighted by Crippen LogP contribution is 2.35. The third-order valence-corrected chi connectivity index (χ3v) is 4.23. The first-order valence-corrected chi connectivity index (χ1v) is 7.43. The summed E-state index contributed by atoms with van der Waals surface area (Å²) >= 11 is 0. The van der Waals surface area contributed by atoms with E-state index in [2.05, 4.69) is 9.58 Å². The van der Waals surface area contributed by atoms with E-state index in [1.54, 1.807) is 0 Å². The Labute approximate surface area is 135 Å². The van der Waals surface area contributed by atoms with E-state index in [-0.39, 0.29) is 28.7 Å². The van der Waals surface area contributed by atoms with Gasteiger partial charge in [-0.05, 0) is 12.8 Å². The predicted molar refractivity (Wildman–Crippen MR) is 82.2 cm³/mol. The zero-order chi connectivity index (χ0) is 17.0. The molecule has 6 heteroatoms. The fourth-order valence-corrected chi connectivity index (χ4v) is 2.69. The number of hydrogen-bond donors (Lipinski definition) is 0. The summed E-state index contributed by atoms with van der Waals surface area (Å²) in [5.74, 6) is -1.10. The Bertz CT molecular complexity index is 630.